The molecule has 1 aliphatic rings. The Bertz CT molecular complexity index is 190. The minimum atomic E-state index is -3.01. The highest BCUT2D eigenvalue weighted by molar-refractivity contribution is 5.85. The van der Waals surface area contributed by atoms with Crippen molar-refractivity contribution in [2.75, 3.05) is 13.1 Å². The number of nitrogens with one attached hydrogen (secondary N) is 1. The third kappa shape index (κ3) is 1.78. The van der Waals surface area contributed by atoms with Gasteiger partial charge in [0.05, 0.1) is 12.5 Å². The predicted molar refractivity (Wildman–Crippen MR) is 38.0 cm³/mol. The van der Waals surface area contributed by atoms with E-state index in [9.17, 15) is 13.6 Å². The summed E-state index contributed by atoms with van der Waals surface area (Å²) in [7, 11) is 0. The molecule has 70 valence electrons. The Hall–Kier alpha value is -0.550. The van der Waals surface area contributed by atoms with Gasteiger partial charge in [-0.2, -0.15) is 0 Å². The second kappa shape index (κ2) is 3.06. The molecule has 0 aromatic heterocycles. The standard InChI is InChI=1S/C7H11F2NO2/c1-7(8,9)4-2-10-3-5(11)6(4)12/h4,6,10,12H,2-3H2,1H3/t4-,6+/m0/s1. The highest BCUT2D eigenvalue weighted by Gasteiger charge is 2.43. The van der Waals surface area contributed by atoms with Crippen LogP contribution in [0.4, 0.5) is 8.78 Å². The third-order valence-electron chi connectivity index (χ3n) is 2.03. The summed E-state index contributed by atoms with van der Waals surface area (Å²) in [5, 5.41) is 11.6. The number of ketones is 1. The normalized spacial score (nSPS) is 32.2. The van der Waals surface area contributed by atoms with Gasteiger partial charge >= 0.3 is 0 Å². The maximum absolute atomic E-state index is 12.7. The number of piperidine rings is 1. The van der Waals surface area contributed by atoms with Crippen LogP contribution in [-0.4, -0.2) is 36.0 Å². The fraction of sp³-hybridized carbons (Fsp3) is 0.857. The molecule has 0 bridgehead atoms. The summed E-state index contributed by atoms with van der Waals surface area (Å²) in [4.78, 5) is 10.8. The van der Waals surface area contributed by atoms with Crippen LogP contribution in [0.2, 0.25) is 0 Å². The highest BCUT2D eigenvalue weighted by Crippen LogP contribution is 2.27. The number of Topliss-reactive ketones (excluding diaryl/α,β-unsaturated/α-hetero) is 1. The lowest BCUT2D eigenvalue weighted by Gasteiger charge is -2.31. The van der Waals surface area contributed by atoms with Crippen LogP contribution >= 0.6 is 0 Å². The molecule has 0 saturated carbocycles. The predicted octanol–water partition coefficient (Wildman–Crippen LogP) is -0.209. The van der Waals surface area contributed by atoms with Crippen molar-refractivity contribution in [1.29, 1.82) is 0 Å². The van der Waals surface area contributed by atoms with Gasteiger partial charge in [-0.3, -0.25) is 4.79 Å². The maximum atomic E-state index is 12.7. The van der Waals surface area contributed by atoms with Gasteiger partial charge < -0.3 is 10.4 Å². The van der Waals surface area contributed by atoms with Crippen molar-refractivity contribution in [3.05, 3.63) is 0 Å². The van der Waals surface area contributed by atoms with Crippen LogP contribution in [0.25, 0.3) is 0 Å². The van der Waals surface area contributed by atoms with E-state index in [1.54, 1.807) is 0 Å². The first-order valence-corrected chi connectivity index (χ1v) is 3.72. The van der Waals surface area contributed by atoms with Gasteiger partial charge in [0, 0.05) is 6.54 Å². The average Bonchev–Trinajstić information content (AvgIpc) is 1.92. The van der Waals surface area contributed by atoms with Crippen molar-refractivity contribution in [2.24, 2.45) is 5.92 Å². The molecule has 1 fully saturated rings. The Morgan fingerprint density at radius 3 is 2.67 bits per heavy atom. The third-order valence-corrected chi connectivity index (χ3v) is 2.03. The van der Waals surface area contributed by atoms with Crippen LogP contribution in [0, 0.1) is 5.92 Å². The van der Waals surface area contributed by atoms with Crippen molar-refractivity contribution in [1.82, 2.24) is 5.32 Å². The van der Waals surface area contributed by atoms with Crippen LogP contribution in [0.5, 0.6) is 0 Å². The van der Waals surface area contributed by atoms with Gasteiger partial charge in [0.25, 0.3) is 5.92 Å². The molecule has 2 atom stereocenters. The van der Waals surface area contributed by atoms with E-state index in [-0.39, 0.29) is 13.1 Å². The summed E-state index contributed by atoms with van der Waals surface area (Å²) in [6.45, 7) is 0.672. The second-order valence-electron chi connectivity index (χ2n) is 3.10. The number of aliphatic hydroxyl groups excluding tert-OH is 1. The van der Waals surface area contributed by atoms with E-state index in [2.05, 4.69) is 5.32 Å². The quantitative estimate of drug-likeness (QED) is 0.585. The first-order chi connectivity index (χ1) is 5.43. The zero-order valence-corrected chi connectivity index (χ0v) is 6.68. The molecule has 0 aromatic carbocycles. The topological polar surface area (TPSA) is 49.3 Å². The molecule has 12 heavy (non-hydrogen) atoms. The summed E-state index contributed by atoms with van der Waals surface area (Å²) in [5.41, 5.74) is 0. The Morgan fingerprint density at radius 2 is 2.25 bits per heavy atom. The molecule has 2 N–H and O–H groups in total. The van der Waals surface area contributed by atoms with Gasteiger partial charge in [0.15, 0.2) is 5.78 Å². The van der Waals surface area contributed by atoms with Crippen molar-refractivity contribution in [3.63, 3.8) is 0 Å². The van der Waals surface area contributed by atoms with Crippen LogP contribution < -0.4 is 5.32 Å². The zero-order valence-electron chi connectivity index (χ0n) is 6.68. The van der Waals surface area contributed by atoms with E-state index in [1.807, 2.05) is 0 Å². The molecule has 5 heteroatoms. The molecule has 3 nitrogen and oxygen atoms in total. The first-order valence-electron chi connectivity index (χ1n) is 3.72. The van der Waals surface area contributed by atoms with E-state index >= 15 is 0 Å². The molecular weight excluding hydrogens is 168 g/mol. The molecular formula is C7H11F2NO2. The van der Waals surface area contributed by atoms with Gasteiger partial charge in [-0.15, -0.1) is 0 Å². The van der Waals surface area contributed by atoms with E-state index in [1.165, 1.54) is 0 Å². The van der Waals surface area contributed by atoms with Crippen molar-refractivity contribution >= 4 is 5.78 Å². The molecule has 1 aliphatic heterocycles. The van der Waals surface area contributed by atoms with Gasteiger partial charge in [0.1, 0.15) is 6.10 Å². The molecule has 1 saturated heterocycles. The van der Waals surface area contributed by atoms with Crippen molar-refractivity contribution in [2.45, 2.75) is 19.0 Å². The Morgan fingerprint density at radius 1 is 1.67 bits per heavy atom. The minimum Gasteiger partial charge on any atom is -0.385 e. The lowest BCUT2D eigenvalue weighted by atomic mass is 9.90. The number of carbonyl (C=O) groups excluding carboxylic acids is 1. The van der Waals surface area contributed by atoms with Gasteiger partial charge in [0.2, 0.25) is 0 Å². The minimum absolute atomic E-state index is 0.0175. The average molecular weight is 179 g/mol. The number of halogens is 2. The molecule has 0 radical (unpaired) electrons. The van der Waals surface area contributed by atoms with Gasteiger partial charge in [-0.05, 0) is 6.92 Å². The molecule has 0 unspecified atom stereocenters. The largest absolute Gasteiger partial charge is 0.385 e. The second-order valence-corrected chi connectivity index (χ2v) is 3.10. The summed E-state index contributed by atoms with van der Waals surface area (Å²) in [6, 6.07) is 0. The monoisotopic (exact) mass is 179 g/mol. The summed E-state index contributed by atoms with van der Waals surface area (Å²) >= 11 is 0. The number of aliphatic hydroxyl groups is 1. The Labute approximate surface area is 68.8 Å². The zero-order chi connectivity index (χ0) is 9.35. The SMILES string of the molecule is CC(F)(F)[C@H]1CNCC(=O)[C@@H]1O. The molecule has 0 aliphatic carbocycles. The molecule has 0 amide bonds. The molecule has 0 aromatic rings. The van der Waals surface area contributed by atoms with Gasteiger partial charge in [-0.25, -0.2) is 8.78 Å². The van der Waals surface area contributed by atoms with Crippen LogP contribution in [0.3, 0.4) is 0 Å². The molecule has 1 rings (SSSR count). The number of alkyl halides is 2. The van der Waals surface area contributed by atoms with Crippen molar-refractivity contribution in [3.8, 4) is 0 Å². The molecule has 1 heterocycles. The van der Waals surface area contributed by atoms with E-state index in [0.717, 1.165) is 0 Å². The van der Waals surface area contributed by atoms with Crippen LogP contribution in [-0.2, 0) is 4.79 Å². The van der Waals surface area contributed by atoms with Gasteiger partial charge in [-0.1, -0.05) is 0 Å². The summed E-state index contributed by atoms with van der Waals surface area (Å²) < 4.78 is 25.4. The lowest BCUT2D eigenvalue weighted by Crippen LogP contribution is -2.53. The summed E-state index contributed by atoms with van der Waals surface area (Å²) in [6.07, 6.45) is -1.52. The maximum Gasteiger partial charge on any atom is 0.252 e. The number of hydrogen-bond acceptors (Lipinski definition) is 3. The van der Waals surface area contributed by atoms with E-state index in [4.69, 9.17) is 5.11 Å². The van der Waals surface area contributed by atoms with Crippen molar-refractivity contribution < 1.29 is 18.7 Å². The highest BCUT2D eigenvalue weighted by atomic mass is 19.3. The first kappa shape index (κ1) is 9.54. The number of carbonyl (C=O) groups is 1. The van der Waals surface area contributed by atoms with E-state index in [0.29, 0.717) is 6.92 Å². The van der Waals surface area contributed by atoms with Crippen LogP contribution in [0.15, 0.2) is 0 Å². The number of rotatable bonds is 1. The fourth-order valence-electron chi connectivity index (χ4n) is 1.25. The smallest absolute Gasteiger partial charge is 0.252 e. The fourth-order valence-corrected chi connectivity index (χ4v) is 1.25. The molecule has 0 spiro atoms. The van der Waals surface area contributed by atoms with E-state index < -0.39 is 23.7 Å². The summed E-state index contributed by atoms with van der Waals surface area (Å²) in [5.74, 6) is -4.87. The Balaban J connectivity index is 2.70. The Kier molecular flexibility index (Phi) is 2.44. The lowest BCUT2D eigenvalue weighted by molar-refractivity contribution is -0.145. The van der Waals surface area contributed by atoms with Crippen LogP contribution in [0.1, 0.15) is 6.92 Å². The number of hydrogen-bond donors (Lipinski definition) is 2.